The van der Waals surface area contributed by atoms with Crippen LogP contribution in [0.25, 0.3) is 0 Å². The molecule has 0 fully saturated rings. The zero-order valence-corrected chi connectivity index (χ0v) is 13.3. The van der Waals surface area contributed by atoms with Crippen LogP contribution in [-0.4, -0.2) is 5.91 Å². The molecule has 0 spiro atoms. The van der Waals surface area contributed by atoms with Crippen molar-refractivity contribution in [1.29, 1.82) is 0 Å². The molecule has 0 aliphatic carbocycles. The summed E-state index contributed by atoms with van der Waals surface area (Å²) < 4.78 is 0. The van der Waals surface area contributed by atoms with Gasteiger partial charge in [0.25, 0.3) is 0 Å². The van der Waals surface area contributed by atoms with Gasteiger partial charge in [-0.15, -0.1) is 0 Å². The van der Waals surface area contributed by atoms with Crippen molar-refractivity contribution in [3.05, 3.63) is 52.5 Å². The predicted molar refractivity (Wildman–Crippen MR) is 89.7 cm³/mol. The van der Waals surface area contributed by atoms with Crippen LogP contribution in [0.3, 0.4) is 0 Å². The Kier molecular flexibility index (Phi) is 5.10. The van der Waals surface area contributed by atoms with Gasteiger partial charge in [0.2, 0.25) is 5.91 Å². The lowest BCUT2D eigenvalue weighted by Gasteiger charge is -2.11. The number of carbonyl (C=O) groups excluding carboxylic acids is 1. The Labute approximate surface area is 134 Å². The zero-order chi connectivity index (χ0) is 15.4. The van der Waals surface area contributed by atoms with Crippen molar-refractivity contribution in [2.24, 2.45) is 5.92 Å². The predicted octanol–water partition coefficient (Wildman–Crippen LogP) is 5.33. The molecular formula is C16H16Cl2N2O. The van der Waals surface area contributed by atoms with E-state index in [0.717, 1.165) is 17.1 Å². The minimum absolute atomic E-state index is 0.00593. The summed E-state index contributed by atoms with van der Waals surface area (Å²) in [4.78, 5) is 11.6. The first-order chi connectivity index (χ1) is 9.97. The van der Waals surface area contributed by atoms with Crippen LogP contribution >= 0.6 is 23.2 Å². The molecule has 0 saturated carbocycles. The number of amides is 1. The Hall–Kier alpha value is -1.71. The van der Waals surface area contributed by atoms with Crippen molar-refractivity contribution in [3.8, 4) is 0 Å². The van der Waals surface area contributed by atoms with Gasteiger partial charge in [-0.3, -0.25) is 4.79 Å². The SMILES string of the molecule is CC(C)C(=O)Nc1ccc(Nc2cccc(Cl)c2Cl)cc1. The highest BCUT2D eigenvalue weighted by molar-refractivity contribution is 6.43. The molecule has 5 heteroatoms. The van der Waals surface area contributed by atoms with Crippen LogP contribution in [0.15, 0.2) is 42.5 Å². The van der Waals surface area contributed by atoms with E-state index < -0.39 is 0 Å². The molecule has 0 aromatic heterocycles. The average Bonchev–Trinajstić information content (AvgIpc) is 2.46. The van der Waals surface area contributed by atoms with Crippen LogP contribution in [0.4, 0.5) is 17.1 Å². The van der Waals surface area contributed by atoms with E-state index in [1.165, 1.54) is 0 Å². The van der Waals surface area contributed by atoms with Crippen molar-refractivity contribution in [1.82, 2.24) is 0 Å². The lowest BCUT2D eigenvalue weighted by atomic mass is 10.2. The molecule has 0 bridgehead atoms. The maximum absolute atomic E-state index is 11.6. The second-order valence-corrected chi connectivity index (χ2v) is 5.73. The minimum Gasteiger partial charge on any atom is -0.354 e. The van der Waals surface area contributed by atoms with Crippen molar-refractivity contribution in [2.45, 2.75) is 13.8 Å². The van der Waals surface area contributed by atoms with E-state index in [-0.39, 0.29) is 11.8 Å². The van der Waals surface area contributed by atoms with Crippen molar-refractivity contribution < 1.29 is 4.79 Å². The van der Waals surface area contributed by atoms with Gasteiger partial charge in [0.1, 0.15) is 0 Å². The molecule has 0 unspecified atom stereocenters. The van der Waals surface area contributed by atoms with E-state index >= 15 is 0 Å². The van der Waals surface area contributed by atoms with Crippen LogP contribution < -0.4 is 10.6 Å². The lowest BCUT2D eigenvalue weighted by Crippen LogP contribution is -2.17. The molecule has 21 heavy (non-hydrogen) atoms. The quantitative estimate of drug-likeness (QED) is 0.798. The lowest BCUT2D eigenvalue weighted by molar-refractivity contribution is -0.118. The topological polar surface area (TPSA) is 41.1 Å². The van der Waals surface area contributed by atoms with Gasteiger partial charge in [0.15, 0.2) is 0 Å². The minimum atomic E-state index is -0.0481. The summed E-state index contributed by atoms with van der Waals surface area (Å²) in [5, 5.41) is 7.01. The number of nitrogens with one attached hydrogen (secondary N) is 2. The van der Waals surface area contributed by atoms with E-state index in [0.29, 0.717) is 10.0 Å². The molecule has 0 aliphatic heterocycles. The van der Waals surface area contributed by atoms with Crippen LogP contribution in [0, 0.1) is 5.92 Å². The Morgan fingerprint density at radius 2 is 1.62 bits per heavy atom. The second kappa shape index (κ2) is 6.83. The first-order valence-electron chi connectivity index (χ1n) is 6.59. The number of halogens is 2. The third kappa shape index (κ3) is 4.13. The number of anilines is 3. The highest BCUT2D eigenvalue weighted by Gasteiger charge is 2.07. The summed E-state index contributed by atoms with van der Waals surface area (Å²) in [5.41, 5.74) is 2.36. The molecule has 2 aromatic rings. The fourth-order valence-corrected chi connectivity index (χ4v) is 2.03. The normalized spacial score (nSPS) is 10.5. The van der Waals surface area contributed by atoms with Crippen molar-refractivity contribution in [2.75, 3.05) is 10.6 Å². The Bertz CT molecular complexity index is 639. The van der Waals surface area contributed by atoms with Crippen LogP contribution in [-0.2, 0) is 4.79 Å². The molecule has 110 valence electrons. The van der Waals surface area contributed by atoms with E-state index in [9.17, 15) is 4.79 Å². The fourth-order valence-electron chi connectivity index (χ4n) is 1.68. The van der Waals surface area contributed by atoms with Crippen LogP contribution in [0.1, 0.15) is 13.8 Å². The molecule has 0 atom stereocenters. The maximum Gasteiger partial charge on any atom is 0.226 e. The molecule has 0 saturated heterocycles. The summed E-state index contributed by atoms with van der Waals surface area (Å²) in [7, 11) is 0. The summed E-state index contributed by atoms with van der Waals surface area (Å²) in [6.07, 6.45) is 0. The molecule has 0 heterocycles. The number of benzene rings is 2. The number of hydrogen-bond donors (Lipinski definition) is 2. The standard InChI is InChI=1S/C16H16Cl2N2O/c1-10(2)16(21)20-12-8-6-11(7-9-12)19-14-5-3-4-13(17)15(14)18/h3-10,19H,1-2H3,(H,20,21). The Morgan fingerprint density at radius 3 is 2.24 bits per heavy atom. The average molecular weight is 323 g/mol. The number of hydrogen-bond acceptors (Lipinski definition) is 2. The van der Waals surface area contributed by atoms with Gasteiger partial charge < -0.3 is 10.6 Å². The van der Waals surface area contributed by atoms with Gasteiger partial charge >= 0.3 is 0 Å². The molecule has 2 N–H and O–H groups in total. The van der Waals surface area contributed by atoms with Gasteiger partial charge in [0, 0.05) is 17.3 Å². The molecular weight excluding hydrogens is 307 g/mol. The molecule has 1 amide bonds. The van der Waals surface area contributed by atoms with Gasteiger partial charge in [-0.25, -0.2) is 0 Å². The summed E-state index contributed by atoms with van der Waals surface area (Å²) in [6, 6.07) is 12.8. The highest BCUT2D eigenvalue weighted by Crippen LogP contribution is 2.31. The zero-order valence-electron chi connectivity index (χ0n) is 11.8. The molecule has 0 radical (unpaired) electrons. The van der Waals surface area contributed by atoms with E-state index in [4.69, 9.17) is 23.2 Å². The third-order valence-corrected chi connectivity index (χ3v) is 3.73. The first kappa shape index (κ1) is 15.7. The van der Waals surface area contributed by atoms with Gasteiger partial charge in [-0.1, -0.05) is 43.1 Å². The van der Waals surface area contributed by atoms with E-state index in [2.05, 4.69) is 10.6 Å². The highest BCUT2D eigenvalue weighted by atomic mass is 35.5. The van der Waals surface area contributed by atoms with Crippen molar-refractivity contribution >= 4 is 46.2 Å². The Morgan fingerprint density at radius 1 is 1.00 bits per heavy atom. The van der Waals surface area contributed by atoms with Gasteiger partial charge in [0.05, 0.1) is 15.7 Å². The third-order valence-electron chi connectivity index (χ3n) is 2.91. The second-order valence-electron chi connectivity index (χ2n) is 4.95. The first-order valence-corrected chi connectivity index (χ1v) is 7.35. The van der Waals surface area contributed by atoms with Crippen LogP contribution in [0.5, 0.6) is 0 Å². The molecule has 3 nitrogen and oxygen atoms in total. The largest absolute Gasteiger partial charge is 0.354 e. The Balaban J connectivity index is 2.09. The van der Waals surface area contributed by atoms with Crippen LogP contribution in [0.2, 0.25) is 10.0 Å². The number of rotatable bonds is 4. The molecule has 2 aromatic carbocycles. The summed E-state index contributed by atoms with van der Waals surface area (Å²) in [6.45, 7) is 3.71. The molecule has 0 aliphatic rings. The van der Waals surface area contributed by atoms with Gasteiger partial charge in [-0.2, -0.15) is 0 Å². The fraction of sp³-hybridized carbons (Fsp3) is 0.188. The van der Waals surface area contributed by atoms with Crippen molar-refractivity contribution in [3.63, 3.8) is 0 Å². The van der Waals surface area contributed by atoms with E-state index in [1.807, 2.05) is 50.2 Å². The summed E-state index contributed by atoms with van der Waals surface area (Å²) >= 11 is 12.1. The number of carbonyl (C=O) groups is 1. The molecule has 2 rings (SSSR count). The van der Waals surface area contributed by atoms with E-state index in [1.54, 1.807) is 6.07 Å². The summed E-state index contributed by atoms with van der Waals surface area (Å²) in [5.74, 6) is -0.0540. The monoisotopic (exact) mass is 322 g/mol. The van der Waals surface area contributed by atoms with Gasteiger partial charge in [-0.05, 0) is 36.4 Å². The maximum atomic E-state index is 11.6. The smallest absolute Gasteiger partial charge is 0.226 e.